The van der Waals surface area contributed by atoms with E-state index in [1.54, 1.807) is 6.92 Å². The van der Waals surface area contributed by atoms with Crippen LogP contribution in [0.1, 0.15) is 12.5 Å². The normalized spacial score (nSPS) is 12.7. The maximum absolute atomic E-state index is 12.6. The highest BCUT2D eigenvalue weighted by Gasteiger charge is 2.32. The van der Waals surface area contributed by atoms with Crippen LogP contribution in [-0.2, 0) is 16.2 Å². The van der Waals surface area contributed by atoms with E-state index in [1.165, 1.54) is 6.08 Å². The Morgan fingerprint density at radius 2 is 2.00 bits per heavy atom. The minimum absolute atomic E-state index is 0.0507. The molecule has 106 valence electrons. The molecule has 7 heteroatoms. The van der Waals surface area contributed by atoms with E-state index in [9.17, 15) is 21.6 Å². The number of hydrogen-bond acceptors (Lipinski definition) is 2. The van der Waals surface area contributed by atoms with Crippen molar-refractivity contribution in [1.29, 1.82) is 0 Å². The number of nitrogens with zero attached hydrogens (tertiary/aromatic N) is 1. The lowest BCUT2D eigenvalue weighted by molar-refractivity contribution is -0.137. The van der Waals surface area contributed by atoms with Gasteiger partial charge in [-0.1, -0.05) is 19.1 Å². The first-order valence-corrected chi connectivity index (χ1v) is 6.95. The summed E-state index contributed by atoms with van der Waals surface area (Å²) >= 11 is 0. The van der Waals surface area contributed by atoms with Gasteiger partial charge >= 0.3 is 6.18 Å². The van der Waals surface area contributed by atoms with Gasteiger partial charge in [0, 0.05) is 13.1 Å². The van der Waals surface area contributed by atoms with Crippen molar-refractivity contribution in [1.82, 2.24) is 4.31 Å². The van der Waals surface area contributed by atoms with Crippen molar-refractivity contribution < 1.29 is 21.6 Å². The summed E-state index contributed by atoms with van der Waals surface area (Å²) in [7, 11) is -3.93. The van der Waals surface area contributed by atoms with Crippen LogP contribution in [0.2, 0.25) is 0 Å². The first-order valence-electron chi connectivity index (χ1n) is 5.51. The van der Waals surface area contributed by atoms with Gasteiger partial charge in [0.15, 0.2) is 0 Å². The molecule has 0 aliphatic rings. The molecule has 0 aliphatic carbocycles. The van der Waals surface area contributed by atoms with Crippen molar-refractivity contribution in [2.45, 2.75) is 18.0 Å². The molecule has 19 heavy (non-hydrogen) atoms. The molecule has 0 unspecified atom stereocenters. The lowest BCUT2D eigenvalue weighted by atomic mass is 10.2. The Bertz CT molecular complexity index is 552. The highest BCUT2D eigenvalue weighted by atomic mass is 32.2. The molecule has 1 aromatic rings. The first kappa shape index (κ1) is 15.7. The van der Waals surface area contributed by atoms with Crippen LogP contribution in [-0.4, -0.2) is 25.8 Å². The third-order valence-electron chi connectivity index (χ3n) is 2.48. The summed E-state index contributed by atoms with van der Waals surface area (Å²) in [4.78, 5) is -0.369. The van der Waals surface area contributed by atoms with Crippen molar-refractivity contribution in [2.24, 2.45) is 0 Å². The fourth-order valence-electron chi connectivity index (χ4n) is 1.52. The number of halogens is 3. The second-order valence-electron chi connectivity index (χ2n) is 3.77. The van der Waals surface area contributed by atoms with Gasteiger partial charge in [0.05, 0.1) is 10.5 Å². The predicted octanol–water partition coefficient (Wildman–Crippen LogP) is 2.90. The van der Waals surface area contributed by atoms with E-state index in [0.29, 0.717) is 6.07 Å². The second-order valence-corrected chi connectivity index (χ2v) is 5.71. The van der Waals surface area contributed by atoms with Crippen LogP contribution in [0.25, 0.3) is 0 Å². The number of benzene rings is 1. The Labute approximate surface area is 110 Å². The van der Waals surface area contributed by atoms with Crippen molar-refractivity contribution in [3.8, 4) is 0 Å². The van der Waals surface area contributed by atoms with Gasteiger partial charge in [0.25, 0.3) is 0 Å². The molecule has 0 aliphatic heterocycles. The number of sulfonamides is 1. The van der Waals surface area contributed by atoms with E-state index in [4.69, 9.17) is 0 Å². The second kappa shape index (κ2) is 5.75. The largest absolute Gasteiger partial charge is 0.416 e. The van der Waals surface area contributed by atoms with E-state index in [0.717, 1.165) is 22.5 Å². The number of likely N-dealkylation sites (N-methyl/N-ethyl adjacent to an activating group) is 1. The minimum atomic E-state index is -4.57. The van der Waals surface area contributed by atoms with Gasteiger partial charge in [-0.2, -0.15) is 17.5 Å². The number of rotatable bonds is 5. The molecule has 0 radical (unpaired) electrons. The first-order chi connectivity index (χ1) is 8.73. The zero-order valence-electron chi connectivity index (χ0n) is 10.3. The molecule has 1 aromatic carbocycles. The summed E-state index contributed by atoms with van der Waals surface area (Å²) in [5, 5.41) is 0. The van der Waals surface area contributed by atoms with Crippen molar-refractivity contribution in [3.63, 3.8) is 0 Å². The molecular formula is C12H14F3NO2S. The molecule has 0 amide bonds. The monoisotopic (exact) mass is 293 g/mol. The Morgan fingerprint density at radius 1 is 1.37 bits per heavy atom. The van der Waals surface area contributed by atoms with Crippen LogP contribution in [0.5, 0.6) is 0 Å². The standard InChI is InChI=1S/C12H14F3NO2S/c1-3-8-16(4-2)19(17,18)11-7-5-6-10(9-11)12(13,14)15/h3,5-7,9H,1,4,8H2,2H3. The van der Waals surface area contributed by atoms with E-state index < -0.39 is 21.8 Å². The highest BCUT2D eigenvalue weighted by Crippen LogP contribution is 2.31. The fourth-order valence-corrected chi connectivity index (χ4v) is 2.99. The topological polar surface area (TPSA) is 37.4 Å². The lowest BCUT2D eigenvalue weighted by Gasteiger charge is -2.19. The SMILES string of the molecule is C=CCN(CC)S(=O)(=O)c1cccc(C(F)(F)F)c1. The van der Waals surface area contributed by atoms with Crippen LogP contribution in [0.3, 0.4) is 0 Å². The van der Waals surface area contributed by atoms with E-state index in [-0.39, 0.29) is 18.0 Å². The van der Waals surface area contributed by atoms with E-state index in [1.807, 2.05) is 0 Å². The number of hydrogen-bond donors (Lipinski definition) is 0. The maximum Gasteiger partial charge on any atom is 0.416 e. The van der Waals surface area contributed by atoms with Gasteiger partial charge in [-0.3, -0.25) is 0 Å². The summed E-state index contributed by atoms with van der Waals surface area (Å²) in [5.41, 5.74) is -0.983. The molecule has 1 rings (SSSR count). The lowest BCUT2D eigenvalue weighted by Crippen LogP contribution is -2.31. The summed E-state index contributed by atoms with van der Waals surface area (Å²) in [6.45, 7) is 5.24. The van der Waals surface area contributed by atoms with Crippen molar-refractivity contribution in [2.75, 3.05) is 13.1 Å². The zero-order chi connectivity index (χ0) is 14.7. The fraction of sp³-hybridized carbons (Fsp3) is 0.333. The van der Waals surface area contributed by atoms with Gasteiger partial charge in [0.1, 0.15) is 0 Å². The highest BCUT2D eigenvalue weighted by molar-refractivity contribution is 7.89. The summed E-state index contributed by atoms with van der Waals surface area (Å²) in [6, 6.07) is 3.71. The van der Waals surface area contributed by atoms with Gasteiger partial charge in [-0.15, -0.1) is 6.58 Å². The third kappa shape index (κ3) is 3.57. The molecule has 0 N–H and O–H groups in total. The van der Waals surface area contributed by atoms with Crippen LogP contribution < -0.4 is 0 Å². The molecule has 0 heterocycles. The van der Waals surface area contributed by atoms with Crippen molar-refractivity contribution >= 4 is 10.0 Å². The number of alkyl halides is 3. The minimum Gasteiger partial charge on any atom is -0.207 e. The summed E-state index contributed by atoms with van der Waals surface area (Å²) in [5.74, 6) is 0. The molecular weight excluding hydrogens is 279 g/mol. The Balaban J connectivity index is 3.25. The average molecular weight is 293 g/mol. The Hall–Kier alpha value is -1.34. The van der Waals surface area contributed by atoms with Crippen molar-refractivity contribution in [3.05, 3.63) is 42.5 Å². The molecule has 0 fully saturated rings. The smallest absolute Gasteiger partial charge is 0.207 e. The van der Waals surface area contributed by atoms with Gasteiger partial charge in [0.2, 0.25) is 10.0 Å². The quantitative estimate of drug-likeness (QED) is 0.783. The van der Waals surface area contributed by atoms with Gasteiger partial charge in [-0.05, 0) is 18.2 Å². The molecule has 0 aromatic heterocycles. The maximum atomic E-state index is 12.6. The molecule has 0 saturated carbocycles. The summed E-state index contributed by atoms with van der Waals surface area (Å²) < 4.78 is 63.0. The molecule has 0 atom stereocenters. The Morgan fingerprint density at radius 3 is 2.47 bits per heavy atom. The summed E-state index contributed by atoms with van der Waals surface area (Å²) in [6.07, 6.45) is -3.18. The Kier molecular flexibility index (Phi) is 4.75. The van der Waals surface area contributed by atoms with E-state index in [2.05, 4.69) is 6.58 Å². The van der Waals surface area contributed by atoms with Crippen LogP contribution >= 0.6 is 0 Å². The third-order valence-corrected chi connectivity index (χ3v) is 4.42. The van der Waals surface area contributed by atoms with Gasteiger partial charge in [-0.25, -0.2) is 8.42 Å². The van der Waals surface area contributed by atoms with E-state index >= 15 is 0 Å². The van der Waals surface area contributed by atoms with Crippen LogP contribution in [0, 0.1) is 0 Å². The van der Waals surface area contributed by atoms with Gasteiger partial charge < -0.3 is 0 Å². The molecule has 0 bridgehead atoms. The zero-order valence-corrected chi connectivity index (χ0v) is 11.1. The predicted molar refractivity (Wildman–Crippen MR) is 66.1 cm³/mol. The van der Waals surface area contributed by atoms with Crippen LogP contribution in [0.15, 0.2) is 41.8 Å². The molecule has 3 nitrogen and oxygen atoms in total. The average Bonchev–Trinajstić information content (AvgIpc) is 2.34. The molecule has 0 spiro atoms. The molecule has 0 saturated heterocycles. The van der Waals surface area contributed by atoms with Crippen LogP contribution in [0.4, 0.5) is 13.2 Å².